The lowest BCUT2D eigenvalue weighted by Crippen LogP contribution is -2.17. The first kappa shape index (κ1) is 13.7. The van der Waals surface area contributed by atoms with Gasteiger partial charge in [0.25, 0.3) is 0 Å². The summed E-state index contributed by atoms with van der Waals surface area (Å²) in [6.07, 6.45) is 2.15. The number of aryl methyl sites for hydroxylation is 1. The highest BCUT2D eigenvalue weighted by molar-refractivity contribution is 9.09. The normalized spacial score (nSPS) is 19.0. The minimum absolute atomic E-state index is 0.346. The molecule has 0 bridgehead atoms. The minimum Gasteiger partial charge on any atom is -0.493 e. The molecule has 1 nitrogen and oxygen atoms in total. The number of para-hydroxylation sites is 1. The van der Waals surface area contributed by atoms with E-state index in [4.69, 9.17) is 4.74 Å². The van der Waals surface area contributed by atoms with Crippen molar-refractivity contribution in [2.24, 2.45) is 0 Å². The van der Waals surface area contributed by atoms with E-state index in [0.29, 0.717) is 10.7 Å². The van der Waals surface area contributed by atoms with Crippen LogP contribution in [-0.4, -0.2) is 6.61 Å². The molecule has 0 N–H and O–H groups in total. The first-order valence-electron chi connectivity index (χ1n) is 7.24. The van der Waals surface area contributed by atoms with Crippen molar-refractivity contribution in [2.75, 3.05) is 6.61 Å². The molecule has 3 rings (SSSR count). The molecule has 2 aromatic carbocycles. The first-order valence-corrected chi connectivity index (χ1v) is 8.16. The zero-order chi connectivity index (χ0) is 13.9. The van der Waals surface area contributed by atoms with Gasteiger partial charge >= 0.3 is 0 Å². The van der Waals surface area contributed by atoms with Gasteiger partial charge in [-0.1, -0.05) is 65.3 Å². The van der Waals surface area contributed by atoms with Gasteiger partial charge < -0.3 is 4.74 Å². The van der Waals surface area contributed by atoms with Gasteiger partial charge in [0, 0.05) is 10.7 Å². The van der Waals surface area contributed by atoms with Gasteiger partial charge in [-0.3, -0.25) is 0 Å². The van der Waals surface area contributed by atoms with Crippen molar-refractivity contribution in [2.45, 2.75) is 30.5 Å². The van der Waals surface area contributed by atoms with Crippen LogP contribution >= 0.6 is 15.9 Å². The summed E-state index contributed by atoms with van der Waals surface area (Å²) in [6, 6.07) is 17.4. The lowest BCUT2D eigenvalue weighted by molar-refractivity contribution is 0.266. The largest absolute Gasteiger partial charge is 0.493 e. The van der Waals surface area contributed by atoms with Crippen LogP contribution in [0.5, 0.6) is 5.75 Å². The molecule has 2 unspecified atom stereocenters. The molecule has 1 heterocycles. The lowest BCUT2D eigenvalue weighted by Gasteiger charge is -2.29. The van der Waals surface area contributed by atoms with Gasteiger partial charge in [-0.15, -0.1) is 0 Å². The van der Waals surface area contributed by atoms with Crippen molar-refractivity contribution in [1.29, 1.82) is 0 Å². The fourth-order valence-corrected chi connectivity index (χ4v) is 3.70. The monoisotopic (exact) mass is 330 g/mol. The molecule has 0 saturated heterocycles. The lowest BCUT2D eigenvalue weighted by atomic mass is 9.87. The van der Waals surface area contributed by atoms with Crippen molar-refractivity contribution in [3.63, 3.8) is 0 Å². The fraction of sp³-hybridized carbons (Fsp3) is 0.333. The van der Waals surface area contributed by atoms with Gasteiger partial charge in [0.15, 0.2) is 0 Å². The summed E-state index contributed by atoms with van der Waals surface area (Å²) < 4.78 is 5.76. The van der Waals surface area contributed by atoms with Crippen LogP contribution in [0.1, 0.15) is 40.8 Å². The van der Waals surface area contributed by atoms with Gasteiger partial charge in [-0.2, -0.15) is 0 Å². The van der Waals surface area contributed by atoms with E-state index in [1.54, 1.807) is 0 Å². The van der Waals surface area contributed by atoms with Crippen LogP contribution in [0.3, 0.4) is 0 Å². The molecule has 20 heavy (non-hydrogen) atoms. The van der Waals surface area contributed by atoms with Crippen molar-refractivity contribution in [3.8, 4) is 5.75 Å². The Hall–Kier alpha value is -1.28. The molecular formula is C18H19BrO. The molecular weight excluding hydrogens is 312 g/mol. The van der Waals surface area contributed by atoms with Crippen LogP contribution in [0, 0.1) is 0 Å². The van der Waals surface area contributed by atoms with Crippen molar-refractivity contribution in [1.82, 2.24) is 0 Å². The van der Waals surface area contributed by atoms with Crippen LogP contribution in [0.4, 0.5) is 0 Å². The third-order valence-corrected chi connectivity index (χ3v) is 5.23. The van der Waals surface area contributed by atoms with E-state index >= 15 is 0 Å². The maximum atomic E-state index is 5.76. The third-order valence-electron chi connectivity index (χ3n) is 4.06. The number of fused-ring (bicyclic) bond motifs is 1. The summed E-state index contributed by atoms with van der Waals surface area (Å²) in [4.78, 5) is 0.346. The predicted molar refractivity (Wildman–Crippen MR) is 86.8 cm³/mol. The maximum Gasteiger partial charge on any atom is 0.122 e. The Bertz CT molecular complexity index is 576. The van der Waals surface area contributed by atoms with Crippen molar-refractivity contribution >= 4 is 15.9 Å². The highest BCUT2D eigenvalue weighted by Gasteiger charge is 2.28. The minimum atomic E-state index is 0.346. The van der Waals surface area contributed by atoms with E-state index in [1.165, 1.54) is 16.7 Å². The van der Waals surface area contributed by atoms with Gasteiger partial charge in [0.2, 0.25) is 0 Å². The molecule has 0 fully saturated rings. The van der Waals surface area contributed by atoms with Gasteiger partial charge in [0.05, 0.1) is 6.61 Å². The average Bonchev–Trinajstić information content (AvgIpc) is 2.54. The van der Waals surface area contributed by atoms with Gasteiger partial charge in [0.1, 0.15) is 5.75 Å². The molecule has 2 aromatic rings. The van der Waals surface area contributed by atoms with E-state index in [2.05, 4.69) is 65.3 Å². The van der Waals surface area contributed by atoms with E-state index in [-0.39, 0.29) is 0 Å². The van der Waals surface area contributed by atoms with Gasteiger partial charge in [-0.25, -0.2) is 0 Å². The van der Waals surface area contributed by atoms with E-state index in [0.717, 1.165) is 25.2 Å². The molecule has 1 aliphatic heterocycles. The number of rotatable bonds is 3. The second-order valence-electron chi connectivity index (χ2n) is 5.28. The number of hydrogen-bond donors (Lipinski definition) is 0. The summed E-state index contributed by atoms with van der Waals surface area (Å²) in [7, 11) is 0. The Morgan fingerprint density at radius 1 is 1.15 bits per heavy atom. The standard InChI is InChI=1S/C18H19BrO/c1-2-13-7-9-14(10-8-13)18(19)16-11-12-20-17-6-4-3-5-15(16)17/h3-10,16,18H,2,11-12H2,1H3. The summed E-state index contributed by atoms with van der Waals surface area (Å²) in [5.74, 6) is 1.52. The average molecular weight is 331 g/mol. The second kappa shape index (κ2) is 6.01. The molecule has 0 aliphatic carbocycles. The third kappa shape index (κ3) is 2.62. The Labute approximate surface area is 129 Å². The fourth-order valence-electron chi connectivity index (χ4n) is 2.84. The van der Waals surface area contributed by atoms with Crippen molar-refractivity contribution in [3.05, 3.63) is 65.2 Å². The Morgan fingerprint density at radius 2 is 1.90 bits per heavy atom. The molecule has 2 heteroatoms. The smallest absolute Gasteiger partial charge is 0.122 e. The number of halogens is 1. The molecule has 0 radical (unpaired) electrons. The van der Waals surface area contributed by atoms with Crippen LogP contribution in [0.15, 0.2) is 48.5 Å². The number of ether oxygens (including phenoxy) is 1. The second-order valence-corrected chi connectivity index (χ2v) is 6.26. The topological polar surface area (TPSA) is 9.23 Å². The first-order chi connectivity index (χ1) is 9.79. The Balaban J connectivity index is 1.89. The zero-order valence-electron chi connectivity index (χ0n) is 11.7. The summed E-state index contributed by atoms with van der Waals surface area (Å²) >= 11 is 3.91. The molecule has 0 saturated carbocycles. The Morgan fingerprint density at radius 3 is 2.65 bits per heavy atom. The quantitative estimate of drug-likeness (QED) is 0.698. The maximum absolute atomic E-state index is 5.76. The highest BCUT2D eigenvalue weighted by atomic mass is 79.9. The summed E-state index contributed by atoms with van der Waals surface area (Å²) in [5.41, 5.74) is 4.06. The summed E-state index contributed by atoms with van der Waals surface area (Å²) in [6.45, 7) is 2.99. The molecule has 0 amide bonds. The molecule has 0 spiro atoms. The van der Waals surface area contributed by atoms with E-state index in [1.807, 2.05) is 6.07 Å². The molecule has 2 atom stereocenters. The predicted octanol–water partition coefficient (Wildman–Crippen LogP) is 5.25. The SMILES string of the molecule is CCc1ccc(C(Br)C2CCOc3ccccc32)cc1. The molecule has 0 aromatic heterocycles. The van der Waals surface area contributed by atoms with Gasteiger partial charge in [-0.05, 0) is 35.6 Å². The Kier molecular flexibility index (Phi) is 4.11. The summed E-state index contributed by atoms with van der Waals surface area (Å²) in [5, 5.41) is 0. The van der Waals surface area contributed by atoms with Crippen LogP contribution < -0.4 is 4.74 Å². The zero-order valence-corrected chi connectivity index (χ0v) is 13.3. The van der Waals surface area contributed by atoms with Crippen LogP contribution in [-0.2, 0) is 6.42 Å². The molecule has 1 aliphatic rings. The highest BCUT2D eigenvalue weighted by Crippen LogP contribution is 2.45. The van der Waals surface area contributed by atoms with E-state index < -0.39 is 0 Å². The van der Waals surface area contributed by atoms with Crippen LogP contribution in [0.25, 0.3) is 0 Å². The van der Waals surface area contributed by atoms with Crippen LogP contribution in [0.2, 0.25) is 0 Å². The van der Waals surface area contributed by atoms with Crippen molar-refractivity contribution < 1.29 is 4.74 Å². The number of hydrogen-bond acceptors (Lipinski definition) is 1. The molecule has 104 valence electrons. The van der Waals surface area contributed by atoms with E-state index in [9.17, 15) is 0 Å². The number of alkyl halides is 1. The number of benzene rings is 2.